The Balaban J connectivity index is 2.12. The third kappa shape index (κ3) is 2.26. The van der Waals surface area contributed by atoms with Gasteiger partial charge in [0.25, 0.3) is 0 Å². The van der Waals surface area contributed by atoms with Crippen molar-refractivity contribution in [3.05, 3.63) is 68.5 Å². The molecule has 1 heterocycles. The van der Waals surface area contributed by atoms with Crippen molar-refractivity contribution in [1.82, 2.24) is 0 Å². The van der Waals surface area contributed by atoms with E-state index in [4.69, 9.17) is 4.42 Å². The summed E-state index contributed by atoms with van der Waals surface area (Å²) < 4.78 is 6.88. The molecule has 3 heteroatoms. The van der Waals surface area contributed by atoms with Crippen LogP contribution in [0.25, 0.3) is 11.0 Å². The summed E-state index contributed by atoms with van der Waals surface area (Å²) in [5, 5.41) is 1.00. The van der Waals surface area contributed by atoms with Crippen LogP contribution in [-0.4, -0.2) is 5.78 Å². The molecule has 0 aliphatic rings. The molecule has 0 bridgehead atoms. The summed E-state index contributed by atoms with van der Waals surface area (Å²) in [6.07, 6.45) is 0. The standard InChI is InChI=1S/C17H13IO2/c1-10-3-8-14-11(2)17(20-15(14)9-10)16(19)12-4-6-13(18)7-5-12/h3-9H,1-2H3. The number of benzene rings is 2. The van der Waals surface area contributed by atoms with Crippen LogP contribution >= 0.6 is 22.6 Å². The van der Waals surface area contributed by atoms with Crippen LogP contribution < -0.4 is 0 Å². The van der Waals surface area contributed by atoms with Gasteiger partial charge in [0.1, 0.15) is 5.58 Å². The highest BCUT2D eigenvalue weighted by atomic mass is 127. The number of carbonyl (C=O) groups is 1. The van der Waals surface area contributed by atoms with Crippen LogP contribution in [0.15, 0.2) is 46.9 Å². The Hall–Kier alpha value is -1.62. The number of carbonyl (C=O) groups excluding carboxylic acids is 1. The third-order valence-corrected chi connectivity index (χ3v) is 4.13. The fourth-order valence-electron chi connectivity index (χ4n) is 2.28. The molecular weight excluding hydrogens is 363 g/mol. The van der Waals surface area contributed by atoms with Crippen LogP contribution in [0.4, 0.5) is 0 Å². The van der Waals surface area contributed by atoms with Crippen LogP contribution in [0.1, 0.15) is 27.2 Å². The van der Waals surface area contributed by atoms with Crippen molar-refractivity contribution in [3.63, 3.8) is 0 Å². The first-order chi connectivity index (χ1) is 9.56. The zero-order valence-corrected chi connectivity index (χ0v) is 13.4. The number of halogens is 1. The molecule has 0 aliphatic carbocycles. The lowest BCUT2D eigenvalue weighted by Gasteiger charge is -1.99. The molecule has 2 aromatic carbocycles. The van der Waals surface area contributed by atoms with Crippen molar-refractivity contribution >= 4 is 39.3 Å². The van der Waals surface area contributed by atoms with Gasteiger partial charge in [-0.3, -0.25) is 4.79 Å². The molecule has 0 atom stereocenters. The van der Waals surface area contributed by atoms with Gasteiger partial charge in [-0.05, 0) is 72.3 Å². The summed E-state index contributed by atoms with van der Waals surface area (Å²) in [6.45, 7) is 3.94. The lowest BCUT2D eigenvalue weighted by Crippen LogP contribution is -2.01. The van der Waals surface area contributed by atoms with Crippen LogP contribution in [0.2, 0.25) is 0 Å². The Kier molecular flexibility index (Phi) is 3.38. The molecule has 0 aliphatic heterocycles. The van der Waals surface area contributed by atoms with Gasteiger partial charge in [-0.2, -0.15) is 0 Å². The number of aryl methyl sites for hydroxylation is 2. The number of ketones is 1. The first kappa shape index (κ1) is 13.4. The van der Waals surface area contributed by atoms with Gasteiger partial charge in [-0.25, -0.2) is 0 Å². The maximum absolute atomic E-state index is 12.5. The summed E-state index contributed by atoms with van der Waals surface area (Å²) in [7, 11) is 0. The lowest BCUT2D eigenvalue weighted by atomic mass is 10.0. The molecule has 100 valence electrons. The number of rotatable bonds is 2. The molecule has 0 fully saturated rings. The zero-order chi connectivity index (χ0) is 14.3. The Morgan fingerprint density at radius 3 is 2.45 bits per heavy atom. The maximum atomic E-state index is 12.5. The highest BCUT2D eigenvalue weighted by Gasteiger charge is 2.19. The average Bonchev–Trinajstić information content (AvgIpc) is 2.75. The van der Waals surface area contributed by atoms with Crippen molar-refractivity contribution in [2.75, 3.05) is 0 Å². The van der Waals surface area contributed by atoms with E-state index in [2.05, 4.69) is 22.6 Å². The summed E-state index contributed by atoms with van der Waals surface area (Å²) >= 11 is 2.22. The summed E-state index contributed by atoms with van der Waals surface area (Å²) in [4.78, 5) is 12.5. The van der Waals surface area contributed by atoms with Crippen molar-refractivity contribution < 1.29 is 9.21 Å². The summed E-state index contributed by atoms with van der Waals surface area (Å²) in [5.74, 6) is 0.375. The van der Waals surface area contributed by atoms with Gasteiger partial charge in [-0.15, -0.1) is 0 Å². The molecule has 3 aromatic rings. The Bertz CT molecular complexity index is 798. The maximum Gasteiger partial charge on any atom is 0.228 e. The SMILES string of the molecule is Cc1ccc2c(C)c(C(=O)c3ccc(I)cc3)oc2c1. The molecule has 0 amide bonds. The van der Waals surface area contributed by atoms with Crippen molar-refractivity contribution in [3.8, 4) is 0 Å². The minimum atomic E-state index is -0.0623. The van der Waals surface area contributed by atoms with E-state index in [0.717, 1.165) is 25.7 Å². The smallest absolute Gasteiger partial charge is 0.228 e. The fraction of sp³-hybridized carbons (Fsp3) is 0.118. The largest absolute Gasteiger partial charge is 0.452 e. The molecule has 0 N–H and O–H groups in total. The van der Waals surface area contributed by atoms with Crippen LogP contribution in [-0.2, 0) is 0 Å². The molecule has 0 spiro atoms. The second-order valence-electron chi connectivity index (χ2n) is 4.89. The minimum absolute atomic E-state index is 0.0623. The molecule has 3 rings (SSSR count). The van der Waals surface area contributed by atoms with Gasteiger partial charge in [0, 0.05) is 20.1 Å². The number of hydrogen-bond donors (Lipinski definition) is 0. The zero-order valence-electron chi connectivity index (χ0n) is 11.2. The van der Waals surface area contributed by atoms with Crippen LogP contribution in [0.3, 0.4) is 0 Å². The minimum Gasteiger partial charge on any atom is -0.452 e. The topological polar surface area (TPSA) is 30.2 Å². The quantitative estimate of drug-likeness (QED) is 0.471. The predicted molar refractivity (Wildman–Crippen MR) is 88.3 cm³/mol. The summed E-state index contributed by atoms with van der Waals surface area (Å²) in [6, 6.07) is 13.5. The molecule has 2 nitrogen and oxygen atoms in total. The first-order valence-electron chi connectivity index (χ1n) is 6.36. The van der Waals surface area contributed by atoms with E-state index in [9.17, 15) is 4.79 Å². The van der Waals surface area contributed by atoms with Crippen LogP contribution in [0.5, 0.6) is 0 Å². The normalized spacial score (nSPS) is 10.9. The van der Waals surface area contributed by atoms with Gasteiger partial charge in [0.15, 0.2) is 5.76 Å². The third-order valence-electron chi connectivity index (χ3n) is 3.41. The molecule has 0 saturated carbocycles. The number of hydrogen-bond acceptors (Lipinski definition) is 2. The van der Waals surface area contributed by atoms with E-state index in [1.807, 2.05) is 56.3 Å². The molecule has 0 unspecified atom stereocenters. The summed E-state index contributed by atoms with van der Waals surface area (Å²) in [5.41, 5.74) is 3.46. The van der Waals surface area contributed by atoms with E-state index in [1.165, 1.54) is 0 Å². The van der Waals surface area contributed by atoms with Crippen molar-refractivity contribution in [1.29, 1.82) is 0 Å². The van der Waals surface area contributed by atoms with Crippen molar-refractivity contribution in [2.45, 2.75) is 13.8 Å². The van der Waals surface area contributed by atoms with E-state index >= 15 is 0 Å². The Morgan fingerprint density at radius 1 is 1.05 bits per heavy atom. The number of fused-ring (bicyclic) bond motifs is 1. The molecule has 20 heavy (non-hydrogen) atoms. The predicted octanol–water partition coefficient (Wildman–Crippen LogP) is 4.89. The monoisotopic (exact) mass is 376 g/mol. The highest BCUT2D eigenvalue weighted by Crippen LogP contribution is 2.27. The second-order valence-corrected chi connectivity index (χ2v) is 6.14. The van der Waals surface area contributed by atoms with Gasteiger partial charge >= 0.3 is 0 Å². The molecule has 0 radical (unpaired) electrons. The second kappa shape index (κ2) is 5.05. The van der Waals surface area contributed by atoms with Gasteiger partial charge in [0.05, 0.1) is 0 Å². The fourth-order valence-corrected chi connectivity index (χ4v) is 2.64. The molecule has 0 saturated heterocycles. The van der Waals surface area contributed by atoms with E-state index in [-0.39, 0.29) is 5.78 Å². The van der Waals surface area contributed by atoms with Gasteiger partial charge in [0.2, 0.25) is 5.78 Å². The highest BCUT2D eigenvalue weighted by molar-refractivity contribution is 14.1. The van der Waals surface area contributed by atoms with Gasteiger partial charge in [-0.1, -0.05) is 12.1 Å². The average molecular weight is 376 g/mol. The number of furan rings is 1. The van der Waals surface area contributed by atoms with E-state index in [1.54, 1.807) is 0 Å². The lowest BCUT2D eigenvalue weighted by molar-refractivity contribution is 0.101. The van der Waals surface area contributed by atoms with E-state index < -0.39 is 0 Å². The van der Waals surface area contributed by atoms with Crippen molar-refractivity contribution in [2.24, 2.45) is 0 Å². The molecular formula is C17H13IO2. The van der Waals surface area contributed by atoms with E-state index in [0.29, 0.717) is 11.3 Å². The first-order valence-corrected chi connectivity index (χ1v) is 7.44. The van der Waals surface area contributed by atoms with Gasteiger partial charge < -0.3 is 4.42 Å². The Labute approximate surface area is 130 Å². The Morgan fingerprint density at radius 2 is 1.75 bits per heavy atom. The molecule has 1 aromatic heterocycles. The van der Waals surface area contributed by atoms with Crippen LogP contribution in [0, 0.1) is 17.4 Å².